The minimum absolute atomic E-state index is 0.112. The summed E-state index contributed by atoms with van der Waals surface area (Å²) in [6.45, 7) is 3.43. The maximum atomic E-state index is 10.1. The van der Waals surface area contributed by atoms with Crippen LogP contribution in [0.2, 0.25) is 0 Å². The summed E-state index contributed by atoms with van der Waals surface area (Å²) < 4.78 is 4.75. The van der Waals surface area contributed by atoms with Crippen molar-refractivity contribution in [2.75, 3.05) is 13.2 Å². The van der Waals surface area contributed by atoms with Crippen molar-refractivity contribution in [3.05, 3.63) is 24.8 Å². The van der Waals surface area contributed by atoms with Gasteiger partial charge in [0.15, 0.2) is 0 Å². The van der Waals surface area contributed by atoms with Crippen LogP contribution in [0.4, 0.5) is 0 Å². The molecular formula is C18H24O3. The Morgan fingerprint density at radius 2 is 1.81 bits per heavy atom. The van der Waals surface area contributed by atoms with E-state index < -0.39 is 5.97 Å². The van der Waals surface area contributed by atoms with Gasteiger partial charge in [-0.1, -0.05) is 55.9 Å². The van der Waals surface area contributed by atoms with Crippen LogP contribution in [0.15, 0.2) is 24.8 Å². The number of rotatable bonds is 11. The number of hydrogen-bond acceptors (Lipinski definition) is 2. The molecule has 0 rings (SSSR count). The van der Waals surface area contributed by atoms with Gasteiger partial charge in [0, 0.05) is 6.42 Å². The fourth-order valence-corrected chi connectivity index (χ4v) is 1.57. The Hall–Kier alpha value is -1.97. The van der Waals surface area contributed by atoms with Gasteiger partial charge in [-0.05, 0) is 31.1 Å². The molecule has 0 unspecified atom stereocenters. The largest absolute Gasteiger partial charge is 0.480 e. The number of unbranched alkanes of at least 4 members (excludes halogenated alkanes) is 6. The van der Waals surface area contributed by atoms with Gasteiger partial charge < -0.3 is 9.84 Å². The van der Waals surface area contributed by atoms with Gasteiger partial charge in [-0.2, -0.15) is 0 Å². The summed E-state index contributed by atoms with van der Waals surface area (Å²) in [5.41, 5.74) is 0. The van der Waals surface area contributed by atoms with E-state index >= 15 is 0 Å². The fourth-order valence-electron chi connectivity index (χ4n) is 1.57. The second-order valence-electron chi connectivity index (χ2n) is 4.46. The van der Waals surface area contributed by atoms with E-state index in [2.05, 4.69) is 36.3 Å². The van der Waals surface area contributed by atoms with Gasteiger partial charge in [0.05, 0.1) is 0 Å². The number of hydrogen-bond donors (Lipinski definition) is 1. The lowest BCUT2D eigenvalue weighted by molar-refractivity contribution is -0.141. The molecule has 21 heavy (non-hydrogen) atoms. The molecule has 0 saturated heterocycles. The molecule has 0 fully saturated rings. The summed E-state index contributed by atoms with van der Waals surface area (Å²) >= 11 is 0. The molecule has 0 heterocycles. The SMILES string of the molecule is C=C/C=C\CCCCCCCC#CC#CCOCC(=O)O. The Labute approximate surface area is 128 Å². The molecule has 0 aliphatic carbocycles. The maximum absolute atomic E-state index is 10.1. The van der Waals surface area contributed by atoms with E-state index in [1.54, 1.807) is 6.08 Å². The standard InChI is InChI=1S/C18H24O3/c1-2-3-4-5-6-7-8-9-10-11-12-13-14-15-16-21-17-18(19)20/h2-4H,1,5-11,16-17H2,(H,19,20)/b4-3-. The third-order valence-corrected chi connectivity index (χ3v) is 2.58. The average Bonchev–Trinajstić information content (AvgIpc) is 2.46. The molecule has 0 spiro atoms. The van der Waals surface area contributed by atoms with Gasteiger partial charge >= 0.3 is 5.97 Å². The monoisotopic (exact) mass is 288 g/mol. The summed E-state index contributed by atoms with van der Waals surface area (Å²) in [4.78, 5) is 10.1. The predicted molar refractivity (Wildman–Crippen MR) is 85.7 cm³/mol. The van der Waals surface area contributed by atoms with E-state index in [9.17, 15) is 4.79 Å². The molecule has 0 atom stereocenters. The predicted octanol–water partition coefficient (Wildman–Crippen LogP) is 3.57. The first-order valence-electron chi connectivity index (χ1n) is 7.30. The molecule has 3 nitrogen and oxygen atoms in total. The Balaban J connectivity index is 3.33. The zero-order valence-corrected chi connectivity index (χ0v) is 12.6. The van der Waals surface area contributed by atoms with E-state index in [1.165, 1.54) is 25.7 Å². The molecule has 0 bridgehead atoms. The Morgan fingerprint density at radius 1 is 1.10 bits per heavy atom. The number of allylic oxidation sites excluding steroid dienone is 3. The third-order valence-electron chi connectivity index (χ3n) is 2.58. The van der Waals surface area contributed by atoms with Crippen LogP contribution in [0.3, 0.4) is 0 Å². The van der Waals surface area contributed by atoms with E-state index in [0.717, 1.165) is 19.3 Å². The Bertz CT molecular complexity index is 427. The first-order valence-corrected chi connectivity index (χ1v) is 7.30. The average molecular weight is 288 g/mol. The topological polar surface area (TPSA) is 46.5 Å². The van der Waals surface area contributed by atoms with Gasteiger partial charge in [-0.25, -0.2) is 4.79 Å². The molecule has 0 aromatic heterocycles. The molecular weight excluding hydrogens is 264 g/mol. The lowest BCUT2D eigenvalue weighted by Gasteiger charge is -1.96. The Kier molecular flexibility index (Phi) is 14.6. The minimum Gasteiger partial charge on any atom is -0.480 e. The molecule has 0 saturated carbocycles. The lowest BCUT2D eigenvalue weighted by Crippen LogP contribution is -2.06. The highest BCUT2D eigenvalue weighted by atomic mass is 16.5. The van der Waals surface area contributed by atoms with Crippen LogP contribution in [-0.2, 0) is 9.53 Å². The van der Waals surface area contributed by atoms with Crippen molar-refractivity contribution < 1.29 is 14.6 Å². The summed E-state index contributed by atoms with van der Waals surface area (Å²) in [6.07, 6.45) is 14.0. The normalized spacial score (nSPS) is 9.52. The summed E-state index contributed by atoms with van der Waals surface area (Å²) in [5, 5.41) is 8.32. The Morgan fingerprint density at radius 3 is 2.57 bits per heavy atom. The molecule has 114 valence electrons. The highest BCUT2D eigenvalue weighted by Gasteiger charge is 1.92. The van der Waals surface area contributed by atoms with Gasteiger partial charge in [-0.15, -0.1) is 0 Å². The van der Waals surface area contributed by atoms with Gasteiger partial charge in [-0.3, -0.25) is 0 Å². The van der Waals surface area contributed by atoms with Crippen LogP contribution < -0.4 is 0 Å². The molecule has 0 aromatic rings. The van der Waals surface area contributed by atoms with E-state index in [4.69, 9.17) is 9.84 Å². The van der Waals surface area contributed by atoms with E-state index in [-0.39, 0.29) is 13.2 Å². The van der Waals surface area contributed by atoms with Crippen LogP contribution in [-0.4, -0.2) is 24.3 Å². The first kappa shape index (κ1) is 19.0. The smallest absolute Gasteiger partial charge is 0.329 e. The number of carboxylic acid groups (broad SMARTS) is 1. The van der Waals surface area contributed by atoms with Crippen molar-refractivity contribution >= 4 is 5.97 Å². The number of aliphatic carboxylic acids is 1. The number of ether oxygens (including phenoxy) is 1. The summed E-state index contributed by atoms with van der Waals surface area (Å²) in [6, 6.07) is 0. The summed E-state index contributed by atoms with van der Waals surface area (Å²) in [5.74, 6) is 10.0. The van der Waals surface area contributed by atoms with Crippen LogP contribution in [0.1, 0.15) is 44.9 Å². The third kappa shape index (κ3) is 18.0. The molecule has 1 N–H and O–H groups in total. The second-order valence-corrected chi connectivity index (χ2v) is 4.46. The summed E-state index contributed by atoms with van der Waals surface area (Å²) in [7, 11) is 0. The van der Waals surface area contributed by atoms with Crippen molar-refractivity contribution in [3.8, 4) is 23.7 Å². The number of carboxylic acids is 1. The first-order chi connectivity index (χ1) is 10.3. The maximum Gasteiger partial charge on any atom is 0.329 e. The fraction of sp³-hybridized carbons (Fsp3) is 0.500. The van der Waals surface area contributed by atoms with Crippen molar-refractivity contribution in [2.24, 2.45) is 0 Å². The van der Waals surface area contributed by atoms with Crippen molar-refractivity contribution in [2.45, 2.75) is 44.9 Å². The van der Waals surface area contributed by atoms with Crippen LogP contribution in [0, 0.1) is 23.7 Å². The highest BCUT2D eigenvalue weighted by Crippen LogP contribution is 2.07. The van der Waals surface area contributed by atoms with Crippen molar-refractivity contribution in [3.63, 3.8) is 0 Å². The van der Waals surface area contributed by atoms with E-state index in [0.29, 0.717) is 0 Å². The molecule has 0 amide bonds. The van der Waals surface area contributed by atoms with Gasteiger partial charge in [0.2, 0.25) is 0 Å². The molecule has 0 radical (unpaired) electrons. The van der Waals surface area contributed by atoms with Crippen LogP contribution >= 0.6 is 0 Å². The van der Waals surface area contributed by atoms with Crippen LogP contribution in [0.25, 0.3) is 0 Å². The van der Waals surface area contributed by atoms with Crippen LogP contribution in [0.5, 0.6) is 0 Å². The van der Waals surface area contributed by atoms with Crippen molar-refractivity contribution in [1.82, 2.24) is 0 Å². The quantitative estimate of drug-likeness (QED) is 0.359. The number of carbonyl (C=O) groups is 1. The lowest BCUT2D eigenvalue weighted by atomic mass is 10.1. The second kappa shape index (κ2) is 16.1. The zero-order valence-electron chi connectivity index (χ0n) is 12.6. The van der Waals surface area contributed by atoms with Crippen molar-refractivity contribution in [1.29, 1.82) is 0 Å². The van der Waals surface area contributed by atoms with Gasteiger partial charge in [0.1, 0.15) is 13.2 Å². The van der Waals surface area contributed by atoms with E-state index in [1.807, 2.05) is 6.08 Å². The molecule has 3 heteroatoms. The molecule has 0 aromatic carbocycles. The molecule has 0 aliphatic rings. The highest BCUT2D eigenvalue weighted by molar-refractivity contribution is 5.68. The minimum atomic E-state index is -0.986. The molecule has 0 aliphatic heterocycles. The zero-order chi connectivity index (χ0) is 15.6. The van der Waals surface area contributed by atoms with Gasteiger partial charge in [0.25, 0.3) is 0 Å².